The van der Waals surface area contributed by atoms with Gasteiger partial charge in [-0.25, -0.2) is 0 Å². The molecule has 0 saturated carbocycles. The standard InChI is InChI=1S/C31H36N2O7/c1-19-15-23-29(31(38)33(30(23)37)14-6-2-3-8-27(35)36)24-18-39-26(28(19)24)12-9-20(25-7-4-5-13-32-25)16-21-10-11-22(17-34)40-21/h4-5,7,10-11,13,16,23-24,26,29,34H,2-3,6,8-9,12,14-15,17-18H2,1H3,(H,35,36)/b20-16-/t23-,24+,26-,29-/m1/s1. The van der Waals surface area contributed by atoms with E-state index in [1.165, 1.54) is 4.90 Å². The lowest BCUT2D eigenvalue weighted by molar-refractivity contribution is -0.141. The molecule has 2 amide bonds. The molecule has 4 atom stereocenters. The number of carboxylic acid groups (broad SMARTS) is 1. The van der Waals surface area contributed by atoms with E-state index in [1.54, 1.807) is 12.3 Å². The summed E-state index contributed by atoms with van der Waals surface area (Å²) in [7, 11) is 0. The van der Waals surface area contributed by atoms with E-state index in [2.05, 4.69) is 11.9 Å². The zero-order valence-corrected chi connectivity index (χ0v) is 22.8. The molecule has 0 unspecified atom stereocenters. The molecule has 9 nitrogen and oxygen atoms in total. The monoisotopic (exact) mass is 548 g/mol. The number of nitrogens with zero attached hydrogens (tertiary/aromatic N) is 2. The summed E-state index contributed by atoms with van der Waals surface area (Å²) >= 11 is 0. The smallest absolute Gasteiger partial charge is 0.303 e. The highest BCUT2D eigenvalue weighted by molar-refractivity contribution is 6.06. The van der Waals surface area contributed by atoms with Crippen LogP contribution in [-0.4, -0.2) is 57.1 Å². The van der Waals surface area contributed by atoms with Crippen molar-refractivity contribution < 1.29 is 33.8 Å². The van der Waals surface area contributed by atoms with E-state index in [1.807, 2.05) is 30.3 Å². The Morgan fingerprint density at radius 2 is 1.95 bits per heavy atom. The molecule has 2 saturated heterocycles. The van der Waals surface area contributed by atoms with Crippen molar-refractivity contribution in [3.05, 3.63) is 64.9 Å². The minimum absolute atomic E-state index is 0.100. The Kier molecular flexibility index (Phi) is 8.61. The normalized spacial score (nSPS) is 24.6. The predicted octanol–water partition coefficient (Wildman–Crippen LogP) is 4.47. The number of carbonyl (C=O) groups excluding carboxylic acids is 2. The molecule has 0 bridgehead atoms. The highest BCUT2D eigenvalue weighted by atomic mass is 16.5. The summed E-state index contributed by atoms with van der Waals surface area (Å²) in [5.41, 5.74) is 4.12. The van der Waals surface area contributed by atoms with Crippen molar-refractivity contribution in [2.75, 3.05) is 13.2 Å². The van der Waals surface area contributed by atoms with Gasteiger partial charge >= 0.3 is 5.97 Å². The predicted molar refractivity (Wildman–Crippen MR) is 146 cm³/mol. The van der Waals surface area contributed by atoms with Gasteiger partial charge in [0.1, 0.15) is 18.1 Å². The first-order valence-electron chi connectivity index (χ1n) is 14.1. The van der Waals surface area contributed by atoms with Crippen LogP contribution in [-0.2, 0) is 25.7 Å². The fourth-order valence-electron chi connectivity index (χ4n) is 6.48. The Hall–Kier alpha value is -3.56. The summed E-state index contributed by atoms with van der Waals surface area (Å²) in [6.07, 6.45) is 7.41. The number of fused-ring (bicyclic) bond motifs is 3. The van der Waals surface area contributed by atoms with Gasteiger partial charge in [-0.15, -0.1) is 0 Å². The van der Waals surface area contributed by atoms with E-state index >= 15 is 0 Å². The summed E-state index contributed by atoms with van der Waals surface area (Å²) < 4.78 is 12.0. The first-order chi connectivity index (χ1) is 19.4. The number of aliphatic hydroxyl groups excluding tert-OH is 1. The summed E-state index contributed by atoms with van der Waals surface area (Å²) in [5.74, 6) is -0.733. The molecule has 212 valence electrons. The second kappa shape index (κ2) is 12.3. The summed E-state index contributed by atoms with van der Waals surface area (Å²) in [6.45, 7) is 2.66. The Labute approximate surface area is 233 Å². The molecule has 0 spiro atoms. The molecule has 2 aromatic heterocycles. The van der Waals surface area contributed by atoms with Crippen LogP contribution in [0.25, 0.3) is 11.6 Å². The zero-order valence-electron chi connectivity index (χ0n) is 22.8. The van der Waals surface area contributed by atoms with Crippen molar-refractivity contribution >= 4 is 29.4 Å². The number of unbranched alkanes of at least 4 members (excludes halogenated alkanes) is 2. The number of imide groups is 1. The van der Waals surface area contributed by atoms with E-state index < -0.39 is 5.97 Å². The first kappa shape index (κ1) is 28.0. The van der Waals surface area contributed by atoms with Crippen LogP contribution in [0.3, 0.4) is 0 Å². The van der Waals surface area contributed by atoms with Gasteiger partial charge in [-0.2, -0.15) is 0 Å². The molecule has 0 aromatic carbocycles. The molecule has 2 fully saturated rings. The first-order valence-corrected chi connectivity index (χ1v) is 14.1. The molecule has 9 heteroatoms. The number of aliphatic carboxylic acids is 1. The molecule has 5 rings (SSSR count). The lowest BCUT2D eigenvalue weighted by Gasteiger charge is -2.30. The van der Waals surface area contributed by atoms with Crippen molar-refractivity contribution in [2.45, 2.75) is 64.6 Å². The van der Waals surface area contributed by atoms with Gasteiger partial charge in [0.25, 0.3) is 0 Å². The van der Waals surface area contributed by atoms with Crippen LogP contribution in [0.2, 0.25) is 0 Å². The fourth-order valence-corrected chi connectivity index (χ4v) is 6.48. The number of furan rings is 1. The van der Waals surface area contributed by atoms with Gasteiger partial charge < -0.3 is 19.4 Å². The Morgan fingerprint density at radius 1 is 1.10 bits per heavy atom. The Morgan fingerprint density at radius 3 is 2.67 bits per heavy atom. The number of aliphatic hydroxyl groups is 1. The van der Waals surface area contributed by atoms with Crippen LogP contribution < -0.4 is 0 Å². The van der Waals surface area contributed by atoms with E-state index in [4.69, 9.17) is 14.3 Å². The number of allylic oxidation sites excluding steroid dienone is 2. The highest BCUT2D eigenvalue weighted by Crippen LogP contribution is 2.49. The third-order valence-electron chi connectivity index (χ3n) is 8.34. The molecular formula is C31H36N2O7. The van der Waals surface area contributed by atoms with E-state index in [0.29, 0.717) is 63.2 Å². The van der Waals surface area contributed by atoms with Crippen molar-refractivity contribution in [3.8, 4) is 0 Å². The fraction of sp³-hybridized carbons (Fsp3) is 0.484. The topological polar surface area (TPSA) is 130 Å². The van der Waals surface area contributed by atoms with Gasteiger partial charge in [-0.1, -0.05) is 18.1 Å². The van der Waals surface area contributed by atoms with Crippen molar-refractivity contribution in [3.63, 3.8) is 0 Å². The Bertz CT molecular complexity index is 1310. The molecule has 2 aromatic rings. The minimum atomic E-state index is -0.830. The third kappa shape index (κ3) is 5.81. The summed E-state index contributed by atoms with van der Waals surface area (Å²) in [4.78, 5) is 43.4. The average Bonchev–Trinajstić information content (AvgIpc) is 3.65. The molecule has 1 aliphatic carbocycles. The number of hydrogen-bond acceptors (Lipinski definition) is 7. The van der Waals surface area contributed by atoms with Crippen LogP contribution in [0, 0.1) is 17.8 Å². The van der Waals surface area contributed by atoms with Crippen LogP contribution in [0.15, 0.2) is 52.1 Å². The quantitative estimate of drug-likeness (QED) is 0.226. The lowest BCUT2D eigenvalue weighted by Crippen LogP contribution is -2.34. The molecule has 0 radical (unpaired) electrons. The third-order valence-corrected chi connectivity index (χ3v) is 8.34. The summed E-state index contributed by atoms with van der Waals surface area (Å²) in [5, 5.41) is 18.2. The maximum Gasteiger partial charge on any atom is 0.303 e. The van der Waals surface area contributed by atoms with Gasteiger partial charge in [0.05, 0.1) is 30.2 Å². The van der Waals surface area contributed by atoms with Crippen molar-refractivity contribution in [1.29, 1.82) is 0 Å². The number of aromatic nitrogens is 1. The molecule has 2 aliphatic heterocycles. The number of hydrogen-bond donors (Lipinski definition) is 2. The van der Waals surface area contributed by atoms with Crippen LogP contribution in [0.5, 0.6) is 0 Å². The van der Waals surface area contributed by atoms with Gasteiger partial charge in [-0.05, 0) is 80.5 Å². The van der Waals surface area contributed by atoms with Crippen molar-refractivity contribution in [1.82, 2.24) is 9.88 Å². The number of pyridine rings is 1. The van der Waals surface area contributed by atoms with E-state index in [0.717, 1.165) is 22.4 Å². The second-order valence-corrected chi connectivity index (χ2v) is 10.9. The minimum Gasteiger partial charge on any atom is -0.481 e. The molecule has 40 heavy (non-hydrogen) atoms. The number of carboxylic acids is 1. The van der Waals surface area contributed by atoms with Crippen LogP contribution in [0.4, 0.5) is 0 Å². The largest absolute Gasteiger partial charge is 0.481 e. The van der Waals surface area contributed by atoms with Gasteiger partial charge in [0.2, 0.25) is 11.8 Å². The number of rotatable bonds is 12. The maximum atomic E-state index is 13.4. The number of carbonyl (C=O) groups is 3. The lowest BCUT2D eigenvalue weighted by atomic mass is 9.70. The van der Waals surface area contributed by atoms with Gasteiger partial charge in [-0.3, -0.25) is 24.3 Å². The van der Waals surface area contributed by atoms with Crippen LogP contribution >= 0.6 is 0 Å². The van der Waals surface area contributed by atoms with E-state index in [9.17, 15) is 19.5 Å². The second-order valence-electron chi connectivity index (χ2n) is 10.9. The molecular weight excluding hydrogens is 512 g/mol. The average molecular weight is 549 g/mol. The van der Waals surface area contributed by atoms with E-state index in [-0.39, 0.29) is 48.7 Å². The maximum absolute atomic E-state index is 13.4. The number of amides is 2. The molecule has 3 aliphatic rings. The zero-order chi connectivity index (χ0) is 28.2. The van der Waals surface area contributed by atoms with Crippen LogP contribution in [0.1, 0.15) is 69.1 Å². The highest BCUT2D eigenvalue weighted by Gasteiger charge is 2.56. The Balaban J connectivity index is 1.27. The summed E-state index contributed by atoms with van der Waals surface area (Å²) in [6, 6.07) is 9.33. The van der Waals surface area contributed by atoms with Gasteiger partial charge in [0, 0.05) is 25.1 Å². The molecule has 2 N–H and O–H groups in total. The number of likely N-dealkylation sites (tertiary alicyclic amines) is 1. The van der Waals surface area contributed by atoms with Crippen molar-refractivity contribution in [2.24, 2.45) is 17.8 Å². The van der Waals surface area contributed by atoms with Gasteiger partial charge in [0.15, 0.2) is 0 Å². The molecule has 4 heterocycles. The SMILES string of the molecule is CC1=C2[C@@H](CC/C(=C/c3ccc(CO)o3)c3ccccn3)OC[C@@H]2[C@@H]2C(=O)N(CCCCCC(=O)O)C(=O)[C@@H]2C1. The number of ether oxygens (including phenoxy) is 1.